The molecule has 2 atom stereocenters. The van der Waals surface area contributed by atoms with Crippen molar-refractivity contribution in [3.8, 4) is 0 Å². The fourth-order valence-corrected chi connectivity index (χ4v) is 2.74. The van der Waals surface area contributed by atoms with E-state index in [-0.39, 0.29) is 5.91 Å². The Kier molecular flexibility index (Phi) is 5.56. The molecule has 0 spiro atoms. The molecule has 4 heteroatoms. The van der Waals surface area contributed by atoms with Gasteiger partial charge in [-0.2, -0.15) is 0 Å². The molecule has 0 aromatic heterocycles. The van der Waals surface area contributed by atoms with Gasteiger partial charge in [0.15, 0.2) is 0 Å². The molecule has 1 aliphatic rings. The Morgan fingerprint density at radius 2 is 2.10 bits per heavy atom. The number of benzene rings is 1. The number of nitrogens with one attached hydrogen (secondary N) is 2. The van der Waals surface area contributed by atoms with Gasteiger partial charge < -0.3 is 15.5 Å². The van der Waals surface area contributed by atoms with Gasteiger partial charge in [0.1, 0.15) is 0 Å². The molecule has 2 N–H and O–H groups in total. The Hall–Kier alpha value is -1.39. The summed E-state index contributed by atoms with van der Waals surface area (Å²) in [7, 11) is 2.15. The van der Waals surface area contributed by atoms with Crippen molar-refractivity contribution in [2.24, 2.45) is 5.92 Å². The zero-order valence-corrected chi connectivity index (χ0v) is 12.4. The highest BCUT2D eigenvalue weighted by molar-refractivity contribution is 5.78. The summed E-state index contributed by atoms with van der Waals surface area (Å²) in [6.45, 7) is 5.46. The van der Waals surface area contributed by atoms with Crippen molar-refractivity contribution in [1.82, 2.24) is 15.5 Å². The third-order valence-corrected chi connectivity index (χ3v) is 3.97. The van der Waals surface area contributed by atoms with Crippen molar-refractivity contribution in [2.75, 3.05) is 26.7 Å². The third kappa shape index (κ3) is 4.62. The number of amides is 1. The summed E-state index contributed by atoms with van der Waals surface area (Å²) in [6, 6.07) is 10.4. The lowest BCUT2D eigenvalue weighted by Crippen LogP contribution is -2.49. The fraction of sp³-hybridized carbons (Fsp3) is 0.562. The van der Waals surface area contributed by atoms with E-state index in [2.05, 4.69) is 29.5 Å². The average molecular weight is 275 g/mol. The van der Waals surface area contributed by atoms with Crippen LogP contribution in [0.5, 0.6) is 0 Å². The van der Waals surface area contributed by atoms with Crippen molar-refractivity contribution < 1.29 is 4.79 Å². The fourth-order valence-electron chi connectivity index (χ4n) is 2.74. The number of piperidine rings is 1. The number of likely N-dealkylation sites (tertiary alicyclic amines) is 1. The smallest absolute Gasteiger partial charge is 0.234 e. The van der Waals surface area contributed by atoms with Crippen molar-refractivity contribution in [3.05, 3.63) is 35.9 Å². The molecule has 1 heterocycles. The lowest BCUT2D eigenvalue weighted by atomic mass is 9.94. The van der Waals surface area contributed by atoms with E-state index in [0.29, 0.717) is 25.0 Å². The lowest BCUT2D eigenvalue weighted by molar-refractivity contribution is -0.120. The van der Waals surface area contributed by atoms with Gasteiger partial charge in [0.25, 0.3) is 0 Å². The number of carbonyl (C=O) groups excluding carboxylic acids is 1. The van der Waals surface area contributed by atoms with Crippen LogP contribution in [0, 0.1) is 5.92 Å². The summed E-state index contributed by atoms with van der Waals surface area (Å²) in [5.74, 6) is 0.663. The molecule has 1 fully saturated rings. The minimum atomic E-state index is 0.0694. The van der Waals surface area contributed by atoms with Crippen molar-refractivity contribution in [3.63, 3.8) is 0 Å². The topological polar surface area (TPSA) is 44.4 Å². The van der Waals surface area contributed by atoms with E-state index in [9.17, 15) is 4.79 Å². The summed E-state index contributed by atoms with van der Waals surface area (Å²) < 4.78 is 0. The molecule has 0 bridgehead atoms. The van der Waals surface area contributed by atoms with Gasteiger partial charge in [0, 0.05) is 19.1 Å². The van der Waals surface area contributed by atoms with E-state index in [4.69, 9.17) is 0 Å². The largest absolute Gasteiger partial charge is 0.351 e. The van der Waals surface area contributed by atoms with E-state index in [1.165, 1.54) is 0 Å². The predicted octanol–water partition coefficient (Wildman–Crippen LogP) is 1.23. The molecule has 1 amide bonds. The van der Waals surface area contributed by atoms with E-state index in [1.807, 2.05) is 30.3 Å². The quantitative estimate of drug-likeness (QED) is 0.849. The first-order chi connectivity index (χ1) is 9.65. The highest BCUT2D eigenvalue weighted by atomic mass is 16.1. The van der Waals surface area contributed by atoms with Gasteiger partial charge >= 0.3 is 0 Å². The van der Waals surface area contributed by atoms with E-state index >= 15 is 0 Å². The third-order valence-electron chi connectivity index (χ3n) is 3.97. The number of carbonyl (C=O) groups is 1. The molecule has 2 unspecified atom stereocenters. The number of nitrogens with zero attached hydrogens (tertiary/aromatic N) is 1. The highest BCUT2D eigenvalue weighted by Crippen LogP contribution is 2.14. The molecule has 1 aromatic rings. The number of hydrogen-bond donors (Lipinski definition) is 2. The van der Waals surface area contributed by atoms with E-state index in [0.717, 1.165) is 25.1 Å². The van der Waals surface area contributed by atoms with Crippen LogP contribution < -0.4 is 10.6 Å². The van der Waals surface area contributed by atoms with Crippen molar-refractivity contribution in [2.45, 2.75) is 25.9 Å². The Morgan fingerprint density at radius 3 is 2.80 bits per heavy atom. The molecule has 0 aliphatic carbocycles. The number of hydrogen-bond acceptors (Lipinski definition) is 3. The van der Waals surface area contributed by atoms with Crippen LogP contribution in [-0.4, -0.2) is 43.5 Å². The Bertz CT molecular complexity index is 421. The Labute approximate surface area is 121 Å². The second kappa shape index (κ2) is 7.41. The first-order valence-corrected chi connectivity index (χ1v) is 7.37. The van der Waals surface area contributed by atoms with Crippen molar-refractivity contribution >= 4 is 5.91 Å². The van der Waals surface area contributed by atoms with Gasteiger partial charge in [-0.25, -0.2) is 0 Å². The first kappa shape index (κ1) is 15.0. The summed E-state index contributed by atoms with van der Waals surface area (Å²) in [5, 5.41) is 6.34. The van der Waals surface area contributed by atoms with E-state index < -0.39 is 0 Å². The molecular weight excluding hydrogens is 250 g/mol. The van der Waals surface area contributed by atoms with Crippen LogP contribution in [0.15, 0.2) is 30.3 Å². The molecule has 0 radical (unpaired) electrons. The van der Waals surface area contributed by atoms with Gasteiger partial charge in [0.05, 0.1) is 6.54 Å². The second-order valence-corrected chi connectivity index (χ2v) is 5.78. The van der Waals surface area contributed by atoms with Gasteiger partial charge in [-0.1, -0.05) is 37.3 Å². The van der Waals surface area contributed by atoms with Crippen LogP contribution in [0.1, 0.15) is 18.9 Å². The monoisotopic (exact) mass is 275 g/mol. The van der Waals surface area contributed by atoms with Gasteiger partial charge in [-0.15, -0.1) is 0 Å². The maximum absolute atomic E-state index is 11.8. The summed E-state index contributed by atoms with van der Waals surface area (Å²) >= 11 is 0. The van der Waals surface area contributed by atoms with Crippen LogP contribution in [0.2, 0.25) is 0 Å². The molecule has 0 saturated carbocycles. The van der Waals surface area contributed by atoms with Crippen LogP contribution in [0.3, 0.4) is 0 Å². The lowest BCUT2D eigenvalue weighted by Gasteiger charge is -2.35. The molecular formula is C16H25N3O. The standard InChI is InChI=1S/C16H25N3O/c1-13-12-19(2)9-8-15(13)17-11-16(20)18-10-14-6-4-3-5-7-14/h3-7,13,15,17H,8-12H2,1-2H3,(H,18,20). The molecule has 4 nitrogen and oxygen atoms in total. The SMILES string of the molecule is CC1CN(C)CCC1NCC(=O)NCc1ccccc1. The minimum Gasteiger partial charge on any atom is -0.351 e. The van der Waals surface area contributed by atoms with Gasteiger partial charge in [0.2, 0.25) is 5.91 Å². The van der Waals surface area contributed by atoms with Crippen LogP contribution in [0.4, 0.5) is 0 Å². The first-order valence-electron chi connectivity index (χ1n) is 7.37. The zero-order valence-electron chi connectivity index (χ0n) is 12.4. The van der Waals surface area contributed by atoms with Gasteiger partial charge in [-0.05, 0) is 31.5 Å². The van der Waals surface area contributed by atoms with Crippen LogP contribution >= 0.6 is 0 Å². The maximum atomic E-state index is 11.8. The Balaban J connectivity index is 1.67. The minimum absolute atomic E-state index is 0.0694. The summed E-state index contributed by atoms with van der Waals surface area (Å²) in [6.07, 6.45) is 1.11. The normalized spacial score (nSPS) is 23.5. The molecule has 20 heavy (non-hydrogen) atoms. The molecule has 2 rings (SSSR count). The van der Waals surface area contributed by atoms with Crippen LogP contribution in [0.25, 0.3) is 0 Å². The summed E-state index contributed by atoms with van der Waals surface area (Å²) in [5.41, 5.74) is 1.13. The Morgan fingerprint density at radius 1 is 1.35 bits per heavy atom. The van der Waals surface area contributed by atoms with Gasteiger partial charge in [-0.3, -0.25) is 4.79 Å². The predicted molar refractivity (Wildman–Crippen MR) is 81.4 cm³/mol. The second-order valence-electron chi connectivity index (χ2n) is 5.78. The number of rotatable bonds is 5. The molecule has 1 aliphatic heterocycles. The molecule has 1 saturated heterocycles. The molecule has 110 valence electrons. The summed E-state index contributed by atoms with van der Waals surface area (Å²) in [4.78, 5) is 14.2. The highest BCUT2D eigenvalue weighted by Gasteiger charge is 2.23. The maximum Gasteiger partial charge on any atom is 0.234 e. The van der Waals surface area contributed by atoms with E-state index in [1.54, 1.807) is 0 Å². The molecule has 1 aromatic carbocycles. The van der Waals surface area contributed by atoms with Crippen molar-refractivity contribution in [1.29, 1.82) is 0 Å². The van der Waals surface area contributed by atoms with Crippen LogP contribution in [-0.2, 0) is 11.3 Å². The average Bonchev–Trinajstić information content (AvgIpc) is 2.45. The zero-order chi connectivity index (χ0) is 14.4.